The first-order valence-corrected chi connectivity index (χ1v) is 14.8. The van der Waals surface area contributed by atoms with E-state index in [4.69, 9.17) is 16.3 Å². The fourth-order valence-corrected chi connectivity index (χ4v) is 7.14. The first-order valence-electron chi connectivity index (χ1n) is 13.7. The molecule has 202 valence electrons. The SMILES string of the molecule is CC[C@H]1CC[C@H](N(Cc2cc(-c3ccc(C(C)=O)cc3)ccc2OC)C(=O)c2sc3ccccc3c2Cl)CC1. The number of thiophene rings is 1. The second-order valence-corrected chi connectivity index (χ2v) is 11.8. The van der Waals surface area contributed by atoms with Crippen molar-refractivity contribution in [1.82, 2.24) is 4.90 Å². The minimum Gasteiger partial charge on any atom is -0.496 e. The minimum atomic E-state index is -0.0144. The number of halogens is 1. The van der Waals surface area contributed by atoms with Crippen molar-refractivity contribution in [3.63, 3.8) is 0 Å². The summed E-state index contributed by atoms with van der Waals surface area (Å²) in [5.74, 6) is 1.51. The number of Topliss-reactive ketones (excluding diaryl/α,β-unsaturated/α-hetero) is 1. The molecular weight excluding hydrogens is 526 g/mol. The van der Waals surface area contributed by atoms with Crippen molar-refractivity contribution in [3.05, 3.63) is 87.8 Å². The highest BCUT2D eigenvalue weighted by molar-refractivity contribution is 7.21. The summed E-state index contributed by atoms with van der Waals surface area (Å²) in [5, 5.41) is 1.47. The monoisotopic (exact) mass is 559 g/mol. The third-order valence-corrected chi connectivity index (χ3v) is 9.73. The van der Waals surface area contributed by atoms with Crippen LogP contribution in [0.25, 0.3) is 21.2 Å². The van der Waals surface area contributed by atoms with E-state index in [-0.39, 0.29) is 17.7 Å². The van der Waals surface area contributed by atoms with E-state index in [0.717, 1.165) is 64.1 Å². The van der Waals surface area contributed by atoms with Gasteiger partial charge in [-0.05, 0) is 67.9 Å². The van der Waals surface area contributed by atoms with Crippen LogP contribution in [0.1, 0.15) is 71.5 Å². The second kappa shape index (κ2) is 11.9. The van der Waals surface area contributed by atoms with Gasteiger partial charge in [0.15, 0.2) is 5.78 Å². The van der Waals surface area contributed by atoms with Gasteiger partial charge in [0.25, 0.3) is 5.91 Å². The van der Waals surface area contributed by atoms with E-state index in [1.165, 1.54) is 17.8 Å². The average Bonchev–Trinajstić information content (AvgIpc) is 3.32. The fraction of sp³-hybridized carbons (Fsp3) is 0.333. The van der Waals surface area contributed by atoms with E-state index >= 15 is 0 Å². The van der Waals surface area contributed by atoms with Crippen molar-refractivity contribution in [2.45, 2.75) is 58.5 Å². The van der Waals surface area contributed by atoms with Gasteiger partial charge in [-0.15, -0.1) is 11.3 Å². The van der Waals surface area contributed by atoms with E-state index in [0.29, 0.717) is 22.0 Å². The van der Waals surface area contributed by atoms with Gasteiger partial charge >= 0.3 is 0 Å². The number of amides is 1. The smallest absolute Gasteiger partial charge is 0.266 e. The number of benzene rings is 3. The number of ether oxygens (including phenoxy) is 1. The second-order valence-electron chi connectivity index (χ2n) is 10.4. The van der Waals surface area contributed by atoms with E-state index in [9.17, 15) is 9.59 Å². The largest absolute Gasteiger partial charge is 0.496 e. The van der Waals surface area contributed by atoms with Gasteiger partial charge in [0.05, 0.1) is 12.1 Å². The summed E-state index contributed by atoms with van der Waals surface area (Å²) in [6, 6.07) is 21.8. The molecule has 3 aromatic carbocycles. The molecule has 0 radical (unpaired) electrons. The van der Waals surface area contributed by atoms with Crippen LogP contribution in [0, 0.1) is 5.92 Å². The zero-order valence-corrected chi connectivity index (χ0v) is 24.3. The van der Waals surface area contributed by atoms with E-state index in [2.05, 4.69) is 13.0 Å². The van der Waals surface area contributed by atoms with Gasteiger partial charge in [-0.25, -0.2) is 0 Å². The van der Waals surface area contributed by atoms with E-state index in [1.807, 2.05) is 65.6 Å². The van der Waals surface area contributed by atoms with Crippen molar-refractivity contribution in [1.29, 1.82) is 0 Å². The third-order valence-electron chi connectivity index (χ3n) is 8.07. The van der Waals surface area contributed by atoms with Crippen LogP contribution in [-0.4, -0.2) is 29.7 Å². The van der Waals surface area contributed by atoms with Crippen LogP contribution in [0.5, 0.6) is 5.75 Å². The summed E-state index contributed by atoms with van der Waals surface area (Å²) in [4.78, 5) is 28.6. The molecule has 39 heavy (non-hydrogen) atoms. The zero-order chi connectivity index (χ0) is 27.5. The molecule has 1 fully saturated rings. The van der Waals surface area contributed by atoms with Crippen LogP contribution >= 0.6 is 22.9 Å². The molecule has 0 saturated heterocycles. The number of carbonyl (C=O) groups is 2. The predicted molar refractivity (Wildman–Crippen MR) is 161 cm³/mol. The summed E-state index contributed by atoms with van der Waals surface area (Å²) in [6.45, 7) is 4.26. The summed E-state index contributed by atoms with van der Waals surface area (Å²) in [5.41, 5.74) is 3.67. The highest BCUT2D eigenvalue weighted by Gasteiger charge is 2.32. The lowest BCUT2D eigenvalue weighted by Crippen LogP contribution is -2.41. The van der Waals surface area contributed by atoms with Crippen molar-refractivity contribution in [3.8, 4) is 16.9 Å². The van der Waals surface area contributed by atoms with Gasteiger partial charge in [-0.2, -0.15) is 0 Å². The first-order chi connectivity index (χ1) is 18.9. The quantitative estimate of drug-likeness (QED) is 0.202. The van der Waals surface area contributed by atoms with Gasteiger partial charge in [-0.3, -0.25) is 9.59 Å². The highest BCUT2D eigenvalue weighted by atomic mass is 35.5. The molecule has 1 aliphatic rings. The molecule has 4 aromatic rings. The zero-order valence-electron chi connectivity index (χ0n) is 22.7. The van der Waals surface area contributed by atoms with Crippen LogP contribution in [0.3, 0.4) is 0 Å². The van der Waals surface area contributed by atoms with Gasteiger partial charge in [0.1, 0.15) is 10.6 Å². The summed E-state index contributed by atoms with van der Waals surface area (Å²) < 4.78 is 6.78. The Balaban J connectivity index is 1.51. The summed E-state index contributed by atoms with van der Waals surface area (Å²) in [6.07, 6.45) is 5.42. The molecule has 1 saturated carbocycles. The lowest BCUT2D eigenvalue weighted by atomic mass is 9.83. The normalized spacial score (nSPS) is 17.2. The van der Waals surface area contributed by atoms with E-state index < -0.39 is 0 Å². The van der Waals surface area contributed by atoms with Crippen LogP contribution in [0.4, 0.5) is 0 Å². The maximum Gasteiger partial charge on any atom is 0.266 e. The Bertz CT molecular complexity index is 1480. The topological polar surface area (TPSA) is 46.6 Å². The Kier molecular flexibility index (Phi) is 8.39. The Morgan fingerprint density at radius 3 is 2.31 bits per heavy atom. The van der Waals surface area contributed by atoms with Gasteiger partial charge in [0.2, 0.25) is 0 Å². The fourth-order valence-electron chi connectivity index (χ4n) is 5.68. The summed E-state index contributed by atoms with van der Waals surface area (Å²) in [7, 11) is 1.67. The highest BCUT2D eigenvalue weighted by Crippen LogP contribution is 2.39. The van der Waals surface area contributed by atoms with Crippen molar-refractivity contribution >= 4 is 44.7 Å². The molecule has 0 bridgehead atoms. The molecule has 0 atom stereocenters. The van der Waals surface area contributed by atoms with Crippen LogP contribution < -0.4 is 4.74 Å². The minimum absolute atomic E-state index is 0.0144. The Morgan fingerprint density at radius 2 is 1.67 bits per heavy atom. The molecule has 0 N–H and O–H groups in total. The molecule has 1 heterocycles. The molecule has 6 heteroatoms. The number of hydrogen-bond donors (Lipinski definition) is 0. The Hall–Kier alpha value is -3.15. The standard InChI is InChI=1S/C33H34ClNO3S/c1-4-22-9-16-27(17-10-22)35(33(37)32-31(34)28-7-5-6-8-30(28)39-32)20-26-19-25(15-18-29(26)38-3)24-13-11-23(12-14-24)21(2)36/h5-8,11-15,18-19,22,27H,4,9-10,16-17,20H2,1-3H3/t22-,27-. The van der Waals surface area contributed by atoms with Crippen molar-refractivity contribution < 1.29 is 14.3 Å². The third kappa shape index (κ3) is 5.75. The average molecular weight is 560 g/mol. The number of ketones is 1. The molecule has 1 aliphatic carbocycles. The lowest BCUT2D eigenvalue weighted by molar-refractivity contribution is 0.0591. The van der Waals surface area contributed by atoms with Gasteiger partial charge < -0.3 is 9.64 Å². The number of nitrogens with zero attached hydrogens (tertiary/aromatic N) is 1. The molecule has 1 aromatic heterocycles. The van der Waals surface area contributed by atoms with Gasteiger partial charge in [-0.1, -0.05) is 73.5 Å². The predicted octanol–water partition coefficient (Wildman–Crippen LogP) is 9.04. The Labute approximate surface area is 239 Å². The Morgan fingerprint density at radius 1 is 0.974 bits per heavy atom. The molecule has 0 spiro atoms. The molecule has 0 unspecified atom stereocenters. The molecule has 0 aliphatic heterocycles. The molecular formula is C33H34ClNO3S. The number of methoxy groups -OCH3 is 1. The first kappa shape index (κ1) is 27.4. The molecule has 5 rings (SSSR count). The van der Waals surface area contributed by atoms with Crippen molar-refractivity contribution in [2.75, 3.05) is 7.11 Å². The summed E-state index contributed by atoms with van der Waals surface area (Å²) >= 11 is 8.27. The molecule has 1 amide bonds. The number of rotatable bonds is 8. The van der Waals surface area contributed by atoms with Gasteiger partial charge in [0, 0.05) is 33.8 Å². The van der Waals surface area contributed by atoms with Crippen LogP contribution in [0.2, 0.25) is 5.02 Å². The van der Waals surface area contributed by atoms with E-state index in [1.54, 1.807) is 14.0 Å². The number of carbonyl (C=O) groups excluding carboxylic acids is 2. The number of hydrogen-bond acceptors (Lipinski definition) is 4. The van der Waals surface area contributed by atoms with Crippen LogP contribution in [-0.2, 0) is 6.54 Å². The maximum atomic E-state index is 14.2. The van der Waals surface area contributed by atoms with Crippen molar-refractivity contribution in [2.24, 2.45) is 5.92 Å². The lowest BCUT2D eigenvalue weighted by Gasteiger charge is -2.37. The molecule has 4 nitrogen and oxygen atoms in total. The number of fused-ring (bicyclic) bond motifs is 1. The maximum absolute atomic E-state index is 14.2. The van der Waals surface area contributed by atoms with Crippen LogP contribution in [0.15, 0.2) is 66.7 Å².